The maximum absolute atomic E-state index is 11.4. The maximum atomic E-state index is 11.4. The van der Waals surface area contributed by atoms with Crippen LogP contribution >= 0.6 is 0 Å². The van der Waals surface area contributed by atoms with Gasteiger partial charge in [0.25, 0.3) is 0 Å². The van der Waals surface area contributed by atoms with Gasteiger partial charge in [-0.15, -0.1) is 0 Å². The molecule has 1 aromatic carbocycles. The summed E-state index contributed by atoms with van der Waals surface area (Å²) in [7, 11) is 0. The molecule has 3 aromatic rings. The number of amides is 1. The van der Waals surface area contributed by atoms with Crippen molar-refractivity contribution in [2.24, 2.45) is 0 Å². The number of alkyl carbamates (subject to hydrolysis) is 1. The van der Waals surface area contributed by atoms with E-state index in [2.05, 4.69) is 40.4 Å². The van der Waals surface area contributed by atoms with E-state index in [0.29, 0.717) is 6.61 Å². The minimum atomic E-state index is -0.493. The molecule has 1 unspecified atom stereocenters. The molecule has 0 radical (unpaired) electrons. The van der Waals surface area contributed by atoms with Gasteiger partial charge in [0.15, 0.2) is 0 Å². The highest BCUT2D eigenvalue weighted by Crippen LogP contribution is 2.30. The van der Waals surface area contributed by atoms with Crippen molar-refractivity contribution in [1.82, 2.24) is 15.3 Å². The van der Waals surface area contributed by atoms with Crippen LogP contribution in [0.3, 0.4) is 0 Å². The Hall–Kier alpha value is -2.82. The third kappa shape index (κ3) is 2.33. The van der Waals surface area contributed by atoms with Crippen LogP contribution in [0.5, 0.6) is 0 Å². The summed E-state index contributed by atoms with van der Waals surface area (Å²) in [5, 5.41) is 4.04. The monoisotopic (exact) mass is 321 g/mol. The number of fused-ring (bicyclic) bond motifs is 1. The first-order valence-electron chi connectivity index (χ1n) is 8.11. The Balaban J connectivity index is 1.77. The molecule has 0 spiro atoms. The van der Waals surface area contributed by atoms with Crippen molar-refractivity contribution >= 4 is 17.1 Å². The molecule has 1 fully saturated rings. The predicted octanol–water partition coefficient (Wildman–Crippen LogP) is 3.75. The molecule has 24 heavy (non-hydrogen) atoms. The molecule has 5 nitrogen and oxygen atoms in total. The lowest BCUT2D eigenvalue weighted by Crippen LogP contribution is -2.37. The van der Waals surface area contributed by atoms with Gasteiger partial charge in [-0.25, -0.2) is 9.78 Å². The Labute approximate surface area is 140 Å². The molecule has 2 aromatic heterocycles. The molecule has 1 saturated heterocycles. The van der Waals surface area contributed by atoms with Crippen molar-refractivity contribution in [2.45, 2.75) is 25.8 Å². The molecular weight excluding hydrogens is 302 g/mol. The summed E-state index contributed by atoms with van der Waals surface area (Å²) in [6.45, 7) is 4.45. The van der Waals surface area contributed by atoms with Crippen LogP contribution < -0.4 is 5.32 Å². The number of H-pyrrole nitrogens is 1. The third-order valence-corrected chi connectivity index (χ3v) is 4.70. The molecule has 3 heterocycles. The second-order valence-corrected chi connectivity index (χ2v) is 6.40. The highest BCUT2D eigenvalue weighted by molar-refractivity contribution is 5.84. The molecular formula is C19H19N3O2. The van der Waals surface area contributed by atoms with Gasteiger partial charge in [0.05, 0.1) is 5.54 Å². The first-order chi connectivity index (χ1) is 11.6. The van der Waals surface area contributed by atoms with Crippen molar-refractivity contribution in [3.63, 3.8) is 0 Å². The van der Waals surface area contributed by atoms with Crippen molar-refractivity contribution < 1.29 is 9.53 Å². The average molecular weight is 321 g/mol. The van der Waals surface area contributed by atoms with Gasteiger partial charge < -0.3 is 15.0 Å². The van der Waals surface area contributed by atoms with E-state index >= 15 is 0 Å². The van der Waals surface area contributed by atoms with Gasteiger partial charge in [-0.1, -0.05) is 25.1 Å². The van der Waals surface area contributed by atoms with E-state index in [1.165, 1.54) is 5.56 Å². The van der Waals surface area contributed by atoms with Gasteiger partial charge in [0, 0.05) is 23.3 Å². The number of aromatic amines is 1. The molecule has 0 aliphatic carbocycles. The van der Waals surface area contributed by atoms with Crippen LogP contribution in [0.15, 0.2) is 42.7 Å². The fourth-order valence-corrected chi connectivity index (χ4v) is 3.21. The van der Waals surface area contributed by atoms with Crippen molar-refractivity contribution in [2.75, 3.05) is 6.61 Å². The second kappa shape index (κ2) is 5.37. The molecule has 0 bridgehead atoms. The van der Waals surface area contributed by atoms with Crippen LogP contribution in [-0.2, 0) is 16.7 Å². The minimum absolute atomic E-state index is 0.338. The van der Waals surface area contributed by atoms with Gasteiger partial charge in [0.1, 0.15) is 12.3 Å². The summed E-state index contributed by atoms with van der Waals surface area (Å²) < 4.78 is 5.08. The zero-order valence-corrected chi connectivity index (χ0v) is 13.7. The summed E-state index contributed by atoms with van der Waals surface area (Å²) in [5.41, 5.74) is 4.85. The van der Waals surface area contributed by atoms with Crippen LogP contribution in [0.4, 0.5) is 4.79 Å². The highest BCUT2D eigenvalue weighted by atomic mass is 16.6. The number of carbonyl (C=O) groups excluding carboxylic acids is 1. The summed E-state index contributed by atoms with van der Waals surface area (Å²) >= 11 is 0. The Morgan fingerprint density at radius 2 is 2.17 bits per heavy atom. The smallest absolute Gasteiger partial charge is 0.408 e. The molecule has 1 amide bonds. The van der Waals surface area contributed by atoms with Crippen LogP contribution in [0.2, 0.25) is 0 Å². The van der Waals surface area contributed by atoms with E-state index < -0.39 is 5.54 Å². The highest BCUT2D eigenvalue weighted by Gasteiger charge is 2.36. The van der Waals surface area contributed by atoms with E-state index in [4.69, 9.17) is 4.74 Å². The number of aromatic nitrogens is 2. The molecule has 0 saturated carbocycles. The number of pyridine rings is 1. The number of cyclic esters (lactones) is 1. The predicted molar refractivity (Wildman–Crippen MR) is 92.7 cm³/mol. The summed E-state index contributed by atoms with van der Waals surface area (Å²) in [6.07, 6.45) is 4.49. The van der Waals surface area contributed by atoms with Crippen molar-refractivity contribution in [3.05, 3.63) is 53.9 Å². The Morgan fingerprint density at radius 3 is 2.92 bits per heavy atom. The maximum Gasteiger partial charge on any atom is 0.408 e. The van der Waals surface area contributed by atoms with E-state index in [-0.39, 0.29) is 6.09 Å². The molecule has 1 atom stereocenters. The number of nitrogens with zero attached hydrogens (tertiary/aromatic N) is 1. The average Bonchev–Trinajstić information content (AvgIpc) is 3.18. The molecule has 4 rings (SSSR count). The third-order valence-electron chi connectivity index (χ3n) is 4.70. The molecule has 1 aliphatic rings. The zero-order valence-electron chi connectivity index (χ0n) is 13.7. The molecule has 2 N–H and O–H groups in total. The number of nitrogens with one attached hydrogen (secondary N) is 2. The second-order valence-electron chi connectivity index (χ2n) is 6.40. The van der Waals surface area contributed by atoms with E-state index in [1.807, 2.05) is 31.5 Å². The van der Waals surface area contributed by atoms with Gasteiger partial charge in [-0.3, -0.25) is 0 Å². The van der Waals surface area contributed by atoms with Crippen LogP contribution in [0.25, 0.3) is 22.2 Å². The van der Waals surface area contributed by atoms with Gasteiger partial charge in [0.2, 0.25) is 0 Å². The van der Waals surface area contributed by atoms with Gasteiger partial charge in [-0.05, 0) is 42.2 Å². The van der Waals surface area contributed by atoms with Gasteiger partial charge in [-0.2, -0.15) is 0 Å². The zero-order chi connectivity index (χ0) is 16.7. The summed E-state index contributed by atoms with van der Waals surface area (Å²) in [6, 6.07) is 10.3. The number of rotatable bonds is 3. The number of hydrogen-bond acceptors (Lipinski definition) is 3. The number of benzene rings is 1. The fraction of sp³-hybridized carbons (Fsp3) is 0.263. The topological polar surface area (TPSA) is 67.0 Å². The quantitative estimate of drug-likeness (QED) is 0.772. The van der Waals surface area contributed by atoms with E-state index in [1.54, 1.807) is 0 Å². The number of ether oxygens (including phenoxy) is 1. The number of aryl methyl sites for hydroxylation is 1. The molecule has 5 heteroatoms. The summed E-state index contributed by atoms with van der Waals surface area (Å²) in [5.74, 6) is 0. The SMILES string of the molecule is CCc1c[nH]c2ncc(-c3cccc(C4(C)COC(=O)N4)c3)cc12. The number of hydrogen-bond donors (Lipinski definition) is 2. The Kier molecular flexibility index (Phi) is 3.30. The lowest BCUT2D eigenvalue weighted by atomic mass is 9.91. The van der Waals surface area contributed by atoms with Crippen LogP contribution in [0, 0.1) is 0 Å². The van der Waals surface area contributed by atoms with Gasteiger partial charge >= 0.3 is 6.09 Å². The first-order valence-corrected chi connectivity index (χ1v) is 8.11. The number of carbonyl (C=O) groups is 1. The fourth-order valence-electron chi connectivity index (χ4n) is 3.21. The van der Waals surface area contributed by atoms with Crippen molar-refractivity contribution in [3.8, 4) is 11.1 Å². The van der Waals surface area contributed by atoms with Crippen LogP contribution in [-0.4, -0.2) is 22.7 Å². The van der Waals surface area contributed by atoms with Crippen molar-refractivity contribution in [1.29, 1.82) is 0 Å². The summed E-state index contributed by atoms with van der Waals surface area (Å²) in [4.78, 5) is 19.2. The Bertz CT molecular complexity index is 931. The first kappa shape index (κ1) is 14.8. The molecule has 122 valence electrons. The van der Waals surface area contributed by atoms with Crippen LogP contribution in [0.1, 0.15) is 25.0 Å². The lowest BCUT2D eigenvalue weighted by Gasteiger charge is -2.22. The van der Waals surface area contributed by atoms with E-state index in [0.717, 1.165) is 34.1 Å². The normalized spacial score (nSPS) is 20.2. The lowest BCUT2D eigenvalue weighted by molar-refractivity contribution is 0.173. The van der Waals surface area contributed by atoms with E-state index in [9.17, 15) is 4.79 Å². The Morgan fingerprint density at radius 1 is 1.29 bits per heavy atom. The minimum Gasteiger partial charge on any atom is -0.447 e. The largest absolute Gasteiger partial charge is 0.447 e. The molecule has 1 aliphatic heterocycles. The standard InChI is InChI=1S/C19H19N3O2/c1-3-12-9-20-17-16(12)8-14(10-21-17)13-5-4-6-15(7-13)19(2)11-24-18(23)22-19/h4-10H,3,11H2,1-2H3,(H,20,21)(H,22,23).